The molecule has 9 heteroatoms. The molecule has 0 amide bonds. The molecule has 0 aromatic heterocycles. The van der Waals surface area contributed by atoms with Gasteiger partial charge in [-0.15, -0.1) is 0 Å². The molecule has 112 valence electrons. The Morgan fingerprint density at radius 3 is 1.32 bits per heavy atom. The molecule has 0 aromatic carbocycles. The third-order valence-electron chi connectivity index (χ3n) is 1.85. The molecular formula is C10H22CaO6S2. The van der Waals surface area contributed by atoms with E-state index in [1.165, 1.54) is 0 Å². The summed E-state index contributed by atoms with van der Waals surface area (Å²) in [6.45, 7) is 4.75. The Morgan fingerprint density at radius 1 is 0.789 bits per heavy atom. The van der Waals surface area contributed by atoms with Crippen LogP contribution < -0.4 is 0 Å². The summed E-state index contributed by atoms with van der Waals surface area (Å²) in [4.78, 5) is 0. The van der Waals surface area contributed by atoms with Gasteiger partial charge in [-0.1, -0.05) is 39.5 Å². The van der Waals surface area contributed by atoms with Crippen LogP contribution in [0, 0.1) is 0 Å². The minimum Gasteiger partial charge on any atom is -0.750 e. The summed E-state index contributed by atoms with van der Waals surface area (Å²) in [7, 11) is 0. The van der Waals surface area contributed by atoms with Gasteiger partial charge in [0.1, 0.15) is 0 Å². The molecule has 0 bridgehead atoms. The molecule has 2 atom stereocenters. The minimum atomic E-state index is -2.32. The van der Waals surface area contributed by atoms with E-state index in [0.29, 0.717) is 13.2 Å². The first-order valence-electron chi connectivity index (χ1n) is 5.99. The largest absolute Gasteiger partial charge is 2.00 e. The second-order valence-corrected chi connectivity index (χ2v) is 4.75. The Morgan fingerprint density at radius 2 is 1.11 bits per heavy atom. The van der Waals surface area contributed by atoms with Crippen LogP contribution in [0.25, 0.3) is 0 Å². The molecule has 0 spiro atoms. The fourth-order valence-electron chi connectivity index (χ4n) is 0.958. The Kier molecular flexibility index (Phi) is 29.0. The van der Waals surface area contributed by atoms with Gasteiger partial charge in [-0.2, -0.15) is 0 Å². The van der Waals surface area contributed by atoms with Gasteiger partial charge in [-0.3, -0.25) is 0 Å². The van der Waals surface area contributed by atoms with E-state index >= 15 is 0 Å². The molecule has 0 rings (SSSR count). The van der Waals surface area contributed by atoms with E-state index < -0.39 is 22.7 Å². The molecule has 2 unspecified atom stereocenters. The molecule has 0 saturated carbocycles. The third kappa shape index (κ3) is 32.7. The summed E-state index contributed by atoms with van der Waals surface area (Å²) in [5.41, 5.74) is 0. The van der Waals surface area contributed by atoms with Crippen molar-refractivity contribution in [2.75, 3.05) is 13.2 Å². The SMILES string of the molecule is CCCCCOS(=O)[O-].CCCCCOS(=O)[O-].[Ca+2]. The molecule has 0 aliphatic heterocycles. The van der Waals surface area contributed by atoms with Crippen molar-refractivity contribution in [3.63, 3.8) is 0 Å². The summed E-state index contributed by atoms with van der Waals surface area (Å²) in [5, 5.41) is 0. The van der Waals surface area contributed by atoms with E-state index in [-0.39, 0.29) is 37.7 Å². The summed E-state index contributed by atoms with van der Waals surface area (Å²) < 4.78 is 47.5. The average Bonchev–Trinajstić information content (AvgIpc) is 2.31. The van der Waals surface area contributed by atoms with Gasteiger partial charge in [-0.25, -0.2) is 8.42 Å². The molecule has 0 radical (unpaired) electrons. The van der Waals surface area contributed by atoms with Crippen molar-refractivity contribution in [1.29, 1.82) is 0 Å². The molecule has 0 aliphatic rings. The van der Waals surface area contributed by atoms with E-state index in [4.69, 9.17) is 0 Å². The van der Waals surface area contributed by atoms with Crippen molar-refractivity contribution in [2.24, 2.45) is 0 Å². The Labute approximate surface area is 151 Å². The molecule has 0 fully saturated rings. The van der Waals surface area contributed by atoms with Crippen molar-refractivity contribution in [2.45, 2.75) is 52.4 Å². The molecule has 0 N–H and O–H groups in total. The molecule has 0 aliphatic carbocycles. The maximum Gasteiger partial charge on any atom is 2.00 e. The first-order valence-corrected chi connectivity index (χ1v) is 7.99. The number of hydrogen-bond acceptors (Lipinski definition) is 6. The third-order valence-corrected chi connectivity index (χ3v) is 2.57. The van der Waals surface area contributed by atoms with Crippen LogP contribution in [0.2, 0.25) is 0 Å². The van der Waals surface area contributed by atoms with Crippen LogP contribution in [0.5, 0.6) is 0 Å². The quantitative estimate of drug-likeness (QED) is 0.340. The topological polar surface area (TPSA) is 98.7 Å². The first-order chi connectivity index (χ1) is 8.54. The Hall–Kier alpha value is 1.40. The van der Waals surface area contributed by atoms with Crippen molar-refractivity contribution in [3.05, 3.63) is 0 Å². The predicted octanol–water partition coefficient (Wildman–Crippen LogP) is 1.59. The molecule has 0 saturated heterocycles. The van der Waals surface area contributed by atoms with Crippen molar-refractivity contribution < 1.29 is 25.9 Å². The van der Waals surface area contributed by atoms with Crippen LogP contribution in [-0.2, 0) is 31.1 Å². The maximum absolute atomic E-state index is 9.74. The molecule has 19 heavy (non-hydrogen) atoms. The smallest absolute Gasteiger partial charge is 0.750 e. The van der Waals surface area contributed by atoms with E-state index in [2.05, 4.69) is 8.37 Å². The van der Waals surface area contributed by atoms with Crippen molar-refractivity contribution in [3.8, 4) is 0 Å². The van der Waals surface area contributed by atoms with Crippen LogP contribution in [0.15, 0.2) is 0 Å². The normalized spacial score (nSPS) is 12.8. The van der Waals surface area contributed by atoms with Gasteiger partial charge in [0.15, 0.2) is 0 Å². The van der Waals surface area contributed by atoms with Crippen molar-refractivity contribution >= 4 is 60.5 Å². The summed E-state index contributed by atoms with van der Waals surface area (Å²) >= 11 is -4.64. The summed E-state index contributed by atoms with van der Waals surface area (Å²) in [6, 6.07) is 0. The zero-order valence-electron chi connectivity index (χ0n) is 11.6. The van der Waals surface area contributed by atoms with Crippen LogP contribution in [0.3, 0.4) is 0 Å². The van der Waals surface area contributed by atoms with E-state index in [9.17, 15) is 17.5 Å². The van der Waals surface area contributed by atoms with Gasteiger partial charge in [0, 0.05) is 0 Å². The monoisotopic (exact) mass is 342 g/mol. The van der Waals surface area contributed by atoms with Crippen molar-refractivity contribution in [1.82, 2.24) is 0 Å². The Balaban J connectivity index is -0.000000256. The van der Waals surface area contributed by atoms with Crippen LogP contribution >= 0.6 is 0 Å². The van der Waals surface area contributed by atoms with Gasteiger partial charge in [0.05, 0.1) is 35.9 Å². The standard InChI is InChI=1S/2C5H12O3S.Ca/c2*1-2-3-4-5-8-9(6)7;/h2*2-5H2,1H3,(H,6,7);/q;;+2/p-2. The molecule has 6 nitrogen and oxygen atoms in total. The van der Waals surface area contributed by atoms with E-state index in [0.717, 1.165) is 38.5 Å². The minimum absolute atomic E-state index is 0. The van der Waals surface area contributed by atoms with Gasteiger partial charge in [0.2, 0.25) is 0 Å². The number of rotatable bonds is 10. The Bertz CT molecular complexity index is 196. The van der Waals surface area contributed by atoms with Crippen LogP contribution in [-0.4, -0.2) is 68.5 Å². The molecule has 0 heterocycles. The maximum atomic E-state index is 9.74. The zero-order chi connectivity index (χ0) is 14.2. The molecule has 0 aromatic rings. The summed E-state index contributed by atoms with van der Waals surface area (Å²) in [6.07, 6.45) is 5.85. The zero-order valence-corrected chi connectivity index (χ0v) is 15.5. The fraction of sp³-hybridized carbons (Fsp3) is 1.00. The van der Waals surface area contributed by atoms with Gasteiger partial charge in [-0.05, 0) is 12.8 Å². The van der Waals surface area contributed by atoms with Gasteiger partial charge >= 0.3 is 37.7 Å². The van der Waals surface area contributed by atoms with E-state index in [1.807, 2.05) is 13.8 Å². The van der Waals surface area contributed by atoms with Gasteiger partial charge < -0.3 is 17.5 Å². The van der Waals surface area contributed by atoms with Gasteiger partial charge in [0.25, 0.3) is 0 Å². The second kappa shape index (κ2) is 21.7. The number of unbranched alkanes of at least 4 members (excludes halogenated alkanes) is 4. The van der Waals surface area contributed by atoms with E-state index in [1.54, 1.807) is 0 Å². The number of hydrogen-bond donors (Lipinski definition) is 0. The second-order valence-electron chi connectivity index (χ2n) is 3.47. The first kappa shape index (κ1) is 25.4. The van der Waals surface area contributed by atoms with Crippen LogP contribution in [0.4, 0.5) is 0 Å². The predicted molar refractivity (Wildman–Crippen MR) is 74.5 cm³/mol. The summed E-state index contributed by atoms with van der Waals surface area (Å²) in [5.74, 6) is 0. The average molecular weight is 342 g/mol. The molecular weight excluding hydrogens is 320 g/mol. The fourth-order valence-corrected chi connectivity index (χ4v) is 1.47. The van der Waals surface area contributed by atoms with Crippen LogP contribution in [0.1, 0.15) is 52.4 Å².